The monoisotopic (exact) mass is 322 g/mol. The van der Waals surface area contributed by atoms with Gasteiger partial charge in [-0.1, -0.05) is 0 Å². The van der Waals surface area contributed by atoms with Gasteiger partial charge in [0, 0.05) is 22.5 Å². The van der Waals surface area contributed by atoms with E-state index in [1.807, 2.05) is 19.2 Å². The number of aliphatic hydroxyl groups excluding tert-OH is 1. The highest BCUT2D eigenvalue weighted by Crippen LogP contribution is 2.33. The summed E-state index contributed by atoms with van der Waals surface area (Å²) in [6.45, 7) is 0.220. The third-order valence-corrected chi connectivity index (χ3v) is 3.17. The molecule has 0 spiro atoms. The Balaban J connectivity index is 3.13. The van der Waals surface area contributed by atoms with Gasteiger partial charge in [-0.3, -0.25) is 0 Å². The maximum Gasteiger partial charge on any atom is 0.0913 e. The molecule has 1 aromatic rings. The quantitative estimate of drug-likeness (QED) is 0.799. The summed E-state index contributed by atoms with van der Waals surface area (Å²) < 4.78 is 1.80. The molecule has 0 saturated heterocycles. The second kappa shape index (κ2) is 5.11. The molecule has 78 valence electrons. The maximum atomic E-state index is 9.55. The number of nitrogens with one attached hydrogen (secondary N) is 1. The molecule has 1 atom stereocenters. The van der Waals surface area contributed by atoms with Gasteiger partial charge in [0.2, 0.25) is 0 Å². The zero-order valence-electron chi connectivity index (χ0n) is 7.72. The summed E-state index contributed by atoms with van der Waals surface area (Å²) in [4.78, 5) is 0. The first-order valence-corrected chi connectivity index (χ1v) is 5.73. The van der Waals surface area contributed by atoms with E-state index in [0.717, 1.165) is 20.2 Å². The van der Waals surface area contributed by atoms with E-state index in [0.29, 0.717) is 0 Å². The molecule has 0 fully saturated rings. The number of benzene rings is 1. The van der Waals surface area contributed by atoms with Crippen LogP contribution in [0.15, 0.2) is 21.1 Å². The van der Waals surface area contributed by atoms with Crippen molar-refractivity contribution in [3.63, 3.8) is 0 Å². The Morgan fingerprint density at radius 1 is 1.43 bits per heavy atom. The number of aliphatic hydroxyl groups is 1. The standard InChI is InChI=1S/C9H12Br2N2O/c1-13-9-6(10)2-5(3-7(9)11)8(14)4-12/h2-3,8,13-14H,4,12H2,1H3. The summed E-state index contributed by atoms with van der Waals surface area (Å²) in [6, 6.07) is 3.71. The van der Waals surface area contributed by atoms with E-state index in [4.69, 9.17) is 5.73 Å². The highest BCUT2D eigenvalue weighted by Gasteiger charge is 2.10. The van der Waals surface area contributed by atoms with Gasteiger partial charge >= 0.3 is 0 Å². The first kappa shape index (κ1) is 12.0. The van der Waals surface area contributed by atoms with Crippen LogP contribution in [0.5, 0.6) is 0 Å². The van der Waals surface area contributed by atoms with Crippen LogP contribution in [0.1, 0.15) is 11.7 Å². The van der Waals surface area contributed by atoms with Crippen LogP contribution in [-0.2, 0) is 0 Å². The van der Waals surface area contributed by atoms with Gasteiger partial charge in [0.05, 0.1) is 11.8 Å². The number of halogens is 2. The van der Waals surface area contributed by atoms with Crippen molar-refractivity contribution in [1.82, 2.24) is 0 Å². The van der Waals surface area contributed by atoms with E-state index in [1.54, 1.807) is 0 Å². The molecule has 0 heterocycles. The minimum Gasteiger partial charge on any atom is -0.387 e. The van der Waals surface area contributed by atoms with Gasteiger partial charge in [0.25, 0.3) is 0 Å². The predicted octanol–water partition coefficient (Wildman–Crippen LogP) is 2.25. The molecule has 14 heavy (non-hydrogen) atoms. The van der Waals surface area contributed by atoms with Gasteiger partial charge in [-0.2, -0.15) is 0 Å². The van der Waals surface area contributed by atoms with Crippen molar-refractivity contribution in [3.05, 3.63) is 26.6 Å². The second-order valence-corrected chi connectivity index (χ2v) is 4.57. The van der Waals surface area contributed by atoms with Crippen molar-refractivity contribution in [2.45, 2.75) is 6.10 Å². The van der Waals surface area contributed by atoms with Crippen molar-refractivity contribution >= 4 is 37.5 Å². The molecule has 0 aliphatic carbocycles. The summed E-state index contributed by atoms with van der Waals surface area (Å²) in [5.74, 6) is 0. The van der Waals surface area contributed by atoms with Crippen LogP contribution in [0.25, 0.3) is 0 Å². The average Bonchev–Trinajstić information content (AvgIpc) is 2.16. The van der Waals surface area contributed by atoms with Gasteiger partial charge in [0.15, 0.2) is 0 Å². The minimum atomic E-state index is -0.617. The second-order valence-electron chi connectivity index (χ2n) is 2.86. The molecule has 0 aliphatic heterocycles. The number of hydrogen-bond acceptors (Lipinski definition) is 3. The highest BCUT2D eigenvalue weighted by atomic mass is 79.9. The van der Waals surface area contributed by atoms with E-state index in [-0.39, 0.29) is 6.54 Å². The van der Waals surface area contributed by atoms with E-state index in [1.165, 1.54) is 0 Å². The summed E-state index contributed by atoms with van der Waals surface area (Å²) in [7, 11) is 1.84. The number of rotatable bonds is 3. The Hall–Kier alpha value is -0.100. The van der Waals surface area contributed by atoms with Crippen molar-refractivity contribution in [1.29, 1.82) is 0 Å². The summed E-state index contributed by atoms with van der Waals surface area (Å²) in [5, 5.41) is 12.6. The minimum absolute atomic E-state index is 0.220. The fourth-order valence-corrected chi connectivity index (χ4v) is 2.78. The molecule has 5 heteroatoms. The van der Waals surface area contributed by atoms with Gasteiger partial charge in [-0.15, -0.1) is 0 Å². The summed E-state index contributed by atoms with van der Waals surface area (Å²) in [5.41, 5.74) is 7.13. The molecule has 1 aromatic carbocycles. The molecule has 0 saturated carbocycles. The Kier molecular flexibility index (Phi) is 4.37. The van der Waals surface area contributed by atoms with Crippen LogP contribution in [-0.4, -0.2) is 18.7 Å². The van der Waals surface area contributed by atoms with Crippen LogP contribution in [0.3, 0.4) is 0 Å². The normalized spacial score (nSPS) is 12.6. The molecular formula is C9H12Br2N2O. The number of anilines is 1. The highest BCUT2D eigenvalue weighted by molar-refractivity contribution is 9.11. The fraction of sp³-hybridized carbons (Fsp3) is 0.333. The van der Waals surface area contributed by atoms with Gasteiger partial charge in [-0.25, -0.2) is 0 Å². The zero-order chi connectivity index (χ0) is 10.7. The number of hydrogen-bond donors (Lipinski definition) is 3. The van der Waals surface area contributed by atoms with Crippen molar-refractivity contribution < 1.29 is 5.11 Å². The molecule has 1 rings (SSSR count). The zero-order valence-corrected chi connectivity index (χ0v) is 10.9. The smallest absolute Gasteiger partial charge is 0.0913 e. The van der Waals surface area contributed by atoms with Gasteiger partial charge < -0.3 is 16.2 Å². The fourth-order valence-electron chi connectivity index (χ4n) is 1.16. The van der Waals surface area contributed by atoms with E-state index in [2.05, 4.69) is 37.2 Å². The van der Waals surface area contributed by atoms with Gasteiger partial charge in [-0.05, 0) is 49.6 Å². The average molecular weight is 324 g/mol. The molecule has 0 radical (unpaired) electrons. The molecular weight excluding hydrogens is 312 g/mol. The van der Waals surface area contributed by atoms with Crippen LogP contribution >= 0.6 is 31.9 Å². The van der Waals surface area contributed by atoms with E-state index in [9.17, 15) is 5.11 Å². The Morgan fingerprint density at radius 2 is 1.93 bits per heavy atom. The molecule has 3 nitrogen and oxygen atoms in total. The molecule has 0 aromatic heterocycles. The number of nitrogens with two attached hydrogens (primary N) is 1. The lowest BCUT2D eigenvalue weighted by Crippen LogP contribution is -2.11. The van der Waals surface area contributed by atoms with Crippen LogP contribution in [0, 0.1) is 0 Å². The lowest BCUT2D eigenvalue weighted by atomic mass is 10.1. The van der Waals surface area contributed by atoms with Crippen molar-refractivity contribution in [3.8, 4) is 0 Å². The Bertz CT molecular complexity index is 308. The van der Waals surface area contributed by atoms with Crippen LogP contribution < -0.4 is 11.1 Å². The Labute approximate surface area is 99.9 Å². The van der Waals surface area contributed by atoms with E-state index < -0.39 is 6.10 Å². The van der Waals surface area contributed by atoms with Crippen molar-refractivity contribution in [2.24, 2.45) is 5.73 Å². The lowest BCUT2D eigenvalue weighted by Gasteiger charge is -2.13. The molecule has 0 bridgehead atoms. The van der Waals surface area contributed by atoms with Crippen LogP contribution in [0.4, 0.5) is 5.69 Å². The van der Waals surface area contributed by atoms with E-state index >= 15 is 0 Å². The summed E-state index contributed by atoms with van der Waals surface area (Å²) >= 11 is 6.82. The molecule has 0 amide bonds. The topological polar surface area (TPSA) is 58.3 Å². The first-order valence-electron chi connectivity index (χ1n) is 4.15. The predicted molar refractivity (Wildman–Crippen MR) is 65.4 cm³/mol. The Morgan fingerprint density at radius 3 is 2.29 bits per heavy atom. The molecule has 0 aliphatic rings. The summed E-state index contributed by atoms with van der Waals surface area (Å²) in [6.07, 6.45) is -0.617. The third-order valence-electron chi connectivity index (χ3n) is 1.92. The third kappa shape index (κ3) is 2.48. The molecule has 1 unspecified atom stereocenters. The lowest BCUT2D eigenvalue weighted by molar-refractivity contribution is 0.186. The largest absolute Gasteiger partial charge is 0.387 e. The SMILES string of the molecule is CNc1c(Br)cc(C(O)CN)cc1Br. The maximum absolute atomic E-state index is 9.55. The molecule has 4 N–H and O–H groups in total. The van der Waals surface area contributed by atoms with Crippen molar-refractivity contribution in [2.75, 3.05) is 18.9 Å². The first-order chi connectivity index (χ1) is 6.60. The van der Waals surface area contributed by atoms with Gasteiger partial charge in [0.1, 0.15) is 0 Å². The van der Waals surface area contributed by atoms with Crippen LogP contribution in [0.2, 0.25) is 0 Å².